The van der Waals surface area contributed by atoms with Gasteiger partial charge in [0.25, 0.3) is 0 Å². The molecule has 0 spiro atoms. The lowest BCUT2D eigenvalue weighted by atomic mass is 9.74. The van der Waals surface area contributed by atoms with Crippen LogP contribution in [0.25, 0.3) is 0 Å². The summed E-state index contributed by atoms with van der Waals surface area (Å²) in [7, 11) is 1.38. The van der Waals surface area contributed by atoms with Gasteiger partial charge in [-0.25, -0.2) is 9.59 Å². The molecule has 0 N–H and O–H groups in total. The summed E-state index contributed by atoms with van der Waals surface area (Å²) in [6.45, 7) is 4.19. The number of hydrogen-bond donors (Lipinski definition) is 0. The second kappa shape index (κ2) is 8.27. The van der Waals surface area contributed by atoms with Gasteiger partial charge in [-0.3, -0.25) is 0 Å². The summed E-state index contributed by atoms with van der Waals surface area (Å²) in [5, 5.41) is 4.51. The number of nitrogens with zero attached hydrogens (tertiary/aromatic N) is 1. The van der Waals surface area contributed by atoms with E-state index in [9.17, 15) is 9.59 Å². The molecule has 8 heteroatoms. The van der Waals surface area contributed by atoms with Crippen LogP contribution in [0.1, 0.15) is 51.4 Å². The molecule has 1 aromatic heterocycles. The first-order chi connectivity index (χ1) is 13.3. The fourth-order valence-electron chi connectivity index (χ4n) is 3.24. The van der Waals surface area contributed by atoms with Crippen molar-refractivity contribution in [2.45, 2.75) is 30.9 Å². The van der Waals surface area contributed by atoms with Gasteiger partial charge in [-0.15, -0.1) is 23.1 Å². The molecule has 1 aromatic carbocycles. The third kappa shape index (κ3) is 4.11. The maximum atomic E-state index is 12.4. The number of ether oxygens (including phenoxy) is 1. The van der Waals surface area contributed by atoms with Crippen molar-refractivity contribution >= 4 is 52.3 Å². The highest BCUT2D eigenvalue weighted by Crippen LogP contribution is 2.45. The number of esters is 1. The van der Waals surface area contributed by atoms with E-state index in [2.05, 4.69) is 19.0 Å². The van der Waals surface area contributed by atoms with Gasteiger partial charge in [0, 0.05) is 5.56 Å². The molecular formula is C20H20ClNO4S2. The number of oxime groups is 1. The van der Waals surface area contributed by atoms with Crippen LogP contribution in [0.3, 0.4) is 0 Å². The van der Waals surface area contributed by atoms with Gasteiger partial charge < -0.3 is 9.57 Å². The minimum absolute atomic E-state index is 0.137. The first kappa shape index (κ1) is 20.9. The van der Waals surface area contributed by atoms with Crippen molar-refractivity contribution in [3.8, 4) is 0 Å². The Hall–Kier alpha value is -1.83. The van der Waals surface area contributed by atoms with Crippen LogP contribution in [0, 0.1) is 5.41 Å². The normalized spacial score (nSPS) is 16.5. The van der Waals surface area contributed by atoms with Crippen molar-refractivity contribution in [3.05, 3.63) is 50.9 Å². The number of fused-ring (bicyclic) bond motifs is 1. The number of hydrogen-bond acceptors (Lipinski definition) is 7. The van der Waals surface area contributed by atoms with Crippen molar-refractivity contribution < 1.29 is 19.2 Å². The van der Waals surface area contributed by atoms with Gasteiger partial charge in [0.05, 0.1) is 27.6 Å². The molecule has 0 bridgehead atoms. The maximum Gasteiger partial charge on any atom is 0.367 e. The summed E-state index contributed by atoms with van der Waals surface area (Å²) in [5.74, 6) is -0.969. The molecule has 2 aromatic rings. The van der Waals surface area contributed by atoms with Crippen LogP contribution in [0.15, 0.2) is 33.6 Å². The number of carbonyl (C=O) groups is 2. The van der Waals surface area contributed by atoms with Gasteiger partial charge in [-0.05, 0) is 42.2 Å². The Morgan fingerprint density at radius 1 is 1.21 bits per heavy atom. The molecular weight excluding hydrogens is 418 g/mol. The van der Waals surface area contributed by atoms with Crippen LogP contribution in [-0.2, 0) is 16.0 Å². The second-order valence-electron chi connectivity index (χ2n) is 7.18. The zero-order valence-electron chi connectivity index (χ0n) is 16.0. The number of carbonyl (C=O) groups excluding carboxylic acids is 2. The van der Waals surface area contributed by atoms with Crippen LogP contribution in [-0.4, -0.2) is 31.0 Å². The first-order valence-corrected chi connectivity index (χ1v) is 11.0. The van der Waals surface area contributed by atoms with Gasteiger partial charge in [0.2, 0.25) is 0 Å². The van der Waals surface area contributed by atoms with E-state index >= 15 is 0 Å². The number of thioether (sulfide) groups is 1. The number of halogens is 1. The summed E-state index contributed by atoms with van der Waals surface area (Å²) >= 11 is 9.00. The van der Waals surface area contributed by atoms with Crippen LogP contribution < -0.4 is 0 Å². The minimum Gasteiger partial charge on any atom is -0.465 e. The zero-order valence-corrected chi connectivity index (χ0v) is 18.4. The lowest BCUT2D eigenvalue weighted by molar-refractivity contribution is 0.0512. The van der Waals surface area contributed by atoms with E-state index in [0.29, 0.717) is 22.0 Å². The van der Waals surface area contributed by atoms with Crippen LogP contribution in [0.2, 0.25) is 5.02 Å². The fourth-order valence-corrected chi connectivity index (χ4v) is 5.47. The van der Waals surface area contributed by atoms with Crippen molar-refractivity contribution in [2.75, 3.05) is 13.4 Å². The van der Waals surface area contributed by atoms with E-state index in [1.807, 2.05) is 6.26 Å². The molecule has 28 heavy (non-hydrogen) atoms. The smallest absolute Gasteiger partial charge is 0.367 e. The largest absolute Gasteiger partial charge is 0.465 e. The Balaban J connectivity index is 2.02. The van der Waals surface area contributed by atoms with Gasteiger partial charge in [0.15, 0.2) is 0 Å². The molecule has 0 amide bonds. The summed E-state index contributed by atoms with van der Waals surface area (Å²) in [4.78, 5) is 30.5. The lowest BCUT2D eigenvalue weighted by Crippen LogP contribution is -2.28. The van der Waals surface area contributed by atoms with Gasteiger partial charge in [-0.1, -0.05) is 42.7 Å². The molecule has 0 fully saturated rings. The topological polar surface area (TPSA) is 65.0 Å². The van der Waals surface area contributed by atoms with Crippen molar-refractivity contribution in [2.24, 2.45) is 10.6 Å². The third-order valence-corrected chi connectivity index (χ3v) is 7.11. The monoisotopic (exact) mass is 437 g/mol. The molecule has 1 heterocycles. The fraction of sp³-hybridized carbons (Fsp3) is 0.350. The average Bonchev–Trinajstić information content (AvgIpc) is 3.02. The molecule has 0 saturated carbocycles. The van der Waals surface area contributed by atoms with Gasteiger partial charge in [-0.2, -0.15) is 0 Å². The van der Waals surface area contributed by atoms with Crippen LogP contribution in [0.5, 0.6) is 0 Å². The molecule has 0 unspecified atom stereocenters. The predicted molar refractivity (Wildman–Crippen MR) is 113 cm³/mol. The third-order valence-electron chi connectivity index (χ3n) is 4.45. The molecule has 1 aliphatic rings. The Morgan fingerprint density at radius 3 is 2.57 bits per heavy atom. The van der Waals surface area contributed by atoms with Crippen LogP contribution >= 0.6 is 34.7 Å². The second-order valence-corrected chi connectivity index (χ2v) is 9.68. The van der Waals surface area contributed by atoms with Crippen molar-refractivity contribution in [1.82, 2.24) is 0 Å². The molecule has 0 atom stereocenters. The Labute approximate surface area is 177 Å². The Kier molecular flexibility index (Phi) is 6.17. The first-order valence-electron chi connectivity index (χ1n) is 8.58. The molecule has 3 rings (SSSR count). The van der Waals surface area contributed by atoms with E-state index in [0.717, 1.165) is 21.8 Å². The SMILES string of the molecule is COC(=O)c1sc(SC)c2c1CC(C)(C)C/C2=N\OC(=O)c1ccccc1Cl. The summed E-state index contributed by atoms with van der Waals surface area (Å²) in [6, 6.07) is 6.67. The molecule has 148 valence electrons. The Bertz CT molecular complexity index is 965. The molecule has 0 aliphatic heterocycles. The zero-order chi connectivity index (χ0) is 20.5. The van der Waals surface area contributed by atoms with Gasteiger partial charge >= 0.3 is 11.9 Å². The molecule has 5 nitrogen and oxygen atoms in total. The van der Waals surface area contributed by atoms with Gasteiger partial charge in [0.1, 0.15) is 4.88 Å². The lowest BCUT2D eigenvalue weighted by Gasteiger charge is -2.31. The Morgan fingerprint density at radius 2 is 1.93 bits per heavy atom. The number of benzene rings is 1. The summed E-state index contributed by atoms with van der Waals surface area (Å²) < 4.78 is 5.91. The minimum atomic E-state index is -0.614. The summed E-state index contributed by atoms with van der Waals surface area (Å²) in [5.41, 5.74) is 2.56. The number of methoxy groups -OCH3 is 1. The van der Waals surface area contributed by atoms with E-state index in [1.165, 1.54) is 30.2 Å². The molecule has 1 aliphatic carbocycles. The van der Waals surface area contributed by atoms with E-state index in [4.69, 9.17) is 21.2 Å². The van der Waals surface area contributed by atoms with Crippen molar-refractivity contribution in [3.63, 3.8) is 0 Å². The summed E-state index contributed by atoms with van der Waals surface area (Å²) in [6.07, 6.45) is 3.29. The van der Waals surface area contributed by atoms with E-state index in [1.54, 1.807) is 24.3 Å². The van der Waals surface area contributed by atoms with Crippen LogP contribution in [0.4, 0.5) is 0 Å². The standard InChI is InChI=1S/C20H20ClNO4S2/c1-20(2)9-12-15(19(27-4)28-16(12)18(24)25-3)14(10-20)22-26-17(23)11-7-5-6-8-13(11)21/h5-8H,9-10H2,1-4H3/b22-14+. The van der Waals surface area contributed by atoms with E-state index in [-0.39, 0.29) is 16.9 Å². The van der Waals surface area contributed by atoms with E-state index < -0.39 is 5.97 Å². The quantitative estimate of drug-likeness (QED) is 0.275. The van der Waals surface area contributed by atoms with Crippen molar-refractivity contribution in [1.29, 1.82) is 0 Å². The highest BCUT2D eigenvalue weighted by molar-refractivity contribution is 8.00. The average molecular weight is 438 g/mol. The highest BCUT2D eigenvalue weighted by atomic mass is 35.5. The highest BCUT2D eigenvalue weighted by Gasteiger charge is 2.37. The maximum absolute atomic E-state index is 12.4. The molecule has 0 radical (unpaired) electrons. The number of rotatable bonds is 4. The molecule has 0 saturated heterocycles. The number of thiophene rings is 1. The predicted octanol–water partition coefficient (Wildman–Crippen LogP) is 5.44.